The van der Waals surface area contributed by atoms with Gasteiger partial charge in [-0.2, -0.15) is 0 Å². The van der Waals surface area contributed by atoms with E-state index in [-0.39, 0.29) is 18.0 Å². The van der Waals surface area contributed by atoms with Gasteiger partial charge in [0.15, 0.2) is 0 Å². The van der Waals surface area contributed by atoms with Crippen LogP contribution in [0.15, 0.2) is 22.8 Å². The predicted molar refractivity (Wildman–Crippen MR) is 60.9 cm³/mol. The summed E-state index contributed by atoms with van der Waals surface area (Å²) in [6.45, 7) is 3.86. The van der Waals surface area contributed by atoms with E-state index in [0.29, 0.717) is 6.04 Å². The minimum absolute atomic E-state index is 0.0509. The number of furan rings is 1. The Hall–Kier alpha value is -1.29. The molecule has 1 aromatic rings. The van der Waals surface area contributed by atoms with Gasteiger partial charge in [-0.25, -0.2) is 0 Å². The highest BCUT2D eigenvalue weighted by atomic mass is 16.3. The van der Waals surface area contributed by atoms with E-state index in [0.717, 1.165) is 18.6 Å². The van der Waals surface area contributed by atoms with Crippen molar-refractivity contribution in [1.82, 2.24) is 10.6 Å². The van der Waals surface area contributed by atoms with Crippen LogP contribution in [0.1, 0.15) is 38.5 Å². The molecule has 1 aromatic heterocycles. The first kappa shape index (κ1) is 11.2. The molecule has 0 unspecified atom stereocenters. The molecule has 0 bridgehead atoms. The Morgan fingerprint density at radius 1 is 1.50 bits per heavy atom. The summed E-state index contributed by atoms with van der Waals surface area (Å²) in [7, 11) is 0. The number of amides is 1. The molecule has 2 rings (SSSR count). The Labute approximate surface area is 95.4 Å². The summed E-state index contributed by atoms with van der Waals surface area (Å²) in [4.78, 5) is 11.7. The van der Waals surface area contributed by atoms with Gasteiger partial charge in [-0.3, -0.25) is 10.1 Å². The van der Waals surface area contributed by atoms with Crippen LogP contribution >= 0.6 is 0 Å². The first-order valence-corrected chi connectivity index (χ1v) is 5.76. The van der Waals surface area contributed by atoms with E-state index in [1.807, 2.05) is 26.0 Å². The summed E-state index contributed by atoms with van der Waals surface area (Å²) in [6.07, 6.45) is 3.88. The average Bonchev–Trinajstić information content (AvgIpc) is 2.89. The Morgan fingerprint density at radius 2 is 2.25 bits per heavy atom. The van der Waals surface area contributed by atoms with Gasteiger partial charge in [-0.1, -0.05) is 0 Å². The van der Waals surface area contributed by atoms with Crippen LogP contribution in [0.3, 0.4) is 0 Å². The van der Waals surface area contributed by atoms with E-state index >= 15 is 0 Å². The van der Waals surface area contributed by atoms with Crippen molar-refractivity contribution in [2.24, 2.45) is 0 Å². The number of hydrogen-bond acceptors (Lipinski definition) is 3. The fourth-order valence-electron chi connectivity index (χ4n) is 1.62. The molecule has 0 spiro atoms. The van der Waals surface area contributed by atoms with Crippen LogP contribution in [0.5, 0.6) is 0 Å². The van der Waals surface area contributed by atoms with Gasteiger partial charge in [-0.15, -0.1) is 0 Å². The minimum Gasteiger partial charge on any atom is -0.468 e. The van der Waals surface area contributed by atoms with E-state index in [1.54, 1.807) is 6.26 Å². The summed E-state index contributed by atoms with van der Waals surface area (Å²) in [6, 6.07) is 4.03. The highest BCUT2D eigenvalue weighted by Gasteiger charge is 2.26. The van der Waals surface area contributed by atoms with E-state index in [2.05, 4.69) is 10.6 Å². The van der Waals surface area contributed by atoms with Crippen LogP contribution in [-0.2, 0) is 4.79 Å². The maximum absolute atomic E-state index is 11.7. The lowest BCUT2D eigenvalue weighted by Gasteiger charge is -2.17. The molecule has 1 fully saturated rings. The third-order valence-corrected chi connectivity index (χ3v) is 2.79. The van der Waals surface area contributed by atoms with Crippen LogP contribution in [0.25, 0.3) is 0 Å². The molecule has 2 N–H and O–H groups in total. The first-order chi connectivity index (χ1) is 7.66. The van der Waals surface area contributed by atoms with Crippen LogP contribution in [0.4, 0.5) is 0 Å². The second-order valence-electron chi connectivity index (χ2n) is 4.41. The average molecular weight is 222 g/mol. The number of carbonyl (C=O) groups is 1. The van der Waals surface area contributed by atoms with Gasteiger partial charge in [0.05, 0.1) is 18.3 Å². The van der Waals surface area contributed by atoms with Crippen molar-refractivity contribution in [3.8, 4) is 0 Å². The Bertz CT molecular complexity index is 344. The fourth-order valence-corrected chi connectivity index (χ4v) is 1.62. The van der Waals surface area contributed by atoms with Crippen molar-refractivity contribution >= 4 is 5.91 Å². The largest absolute Gasteiger partial charge is 0.468 e. The van der Waals surface area contributed by atoms with Crippen molar-refractivity contribution < 1.29 is 9.21 Å². The van der Waals surface area contributed by atoms with E-state index in [4.69, 9.17) is 4.42 Å². The lowest BCUT2D eigenvalue weighted by atomic mass is 10.2. The molecule has 0 saturated heterocycles. The number of nitrogens with one attached hydrogen (secondary N) is 2. The zero-order chi connectivity index (χ0) is 11.5. The molecule has 1 aliphatic carbocycles. The standard InChI is InChI=1S/C12H18N2O2/c1-8(11-4-3-7-16-11)13-9(2)12(15)14-10-5-6-10/h3-4,7-10,13H,5-6H2,1-2H3,(H,14,15)/t8-,9+/m0/s1. The fraction of sp³-hybridized carbons (Fsp3) is 0.583. The molecule has 88 valence electrons. The van der Waals surface area contributed by atoms with Crippen LogP contribution in [-0.4, -0.2) is 18.0 Å². The monoisotopic (exact) mass is 222 g/mol. The van der Waals surface area contributed by atoms with Gasteiger partial charge in [-0.05, 0) is 38.8 Å². The number of hydrogen-bond donors (Lipinski definition) is 2. The quantitative estimate of drug-likeness (QED) is 0.795. The highest BCUT2D eigenvalue weighted by Crippen LogP contribution is 2.19. The molecule has 0 radical (unpaired) electrons. The van der Waals surface area contributed by atoms with Crippen LogP contribution in [0, 0.1) is 0 Å². The predicted octanol–water partition coefficient (Wildman–Crippen LogP) is 1.60. The van der Waals surface area contributed by atoms with E-state index in [9.17, 15) is 4.79 Å². The maximum Gasteiger partial charge on any atom is 0.237 e. The smallest absolute Gasteiger partial charge is 0.237 e. The second kappa shape index (κ2) is 4.70. The number of rotatable bonds is 5. The first-order valence-electron chi connectivity index (χ1n) is 5.76. The molecular formula is C12H18N2O2. The summed E-state index contributed by atoms with van der Waals surface area (Å²) >= 11 is 0. The second-order valence-corrected chi connectivity index (χ2v) is 4.41. The molecule has 1 saturated carbocycles. The molecule has 1 amide bonds. The normalized spacial score (nSPS) is 19.1. The molecule has 0 aliphatic heterocycles. The van der Waals surface area contributed by atoms with Gasteiger partial charge in [0, 0.05) is 6.04 Å². The van der Waals surface area contributed by atoms with Gasteiger partial charge in [0.2, 0.25) is 5.91 Å². The Balaban J connectivity index is 1.81. The van der Waals surface area contributed by atoms with E-state index in [1.165, 1.54) is 0 Å². The molecule has 0 aromatic carbocycles. The van der Waals surface area contributed by atoms with Gasteiger partial charge >= 0.3 is 0 Å². The highest BCUT2D eigenvalue weighted by molar-refractivity contribution is 5.81. The lowest BCUT2D eigenvalue weighted by Crippen LogP contribution is -2.43. The number of carbonyl (C=O) groups excluding carboxylic acids is 1. The Kier molecular flexibility index (Phi) is 3.29. The molecule has 1 heterocycles. The molecular weight excluding hydrogens is 204 g/mol. The summed E-state index contributed by atoms with van der Waals surface area (Å²) in [5, 5.41) is 6.18. The lowest BCUT2D eigenvalue weighted by molar-refractivity contribution is -0.123. The SMILES string of the molecule is C[C@H](N[C@H](C)C(=O)NC1CC1)c1ccco1. The van der Waals surface area contributed by atoms with Gasteiger partial charge < -0.3 is 9.73 Å². The molecule has 4 heteroatoms. The van der Waals surface area contributed by atoms with Crippen molar-refractivity contribution in [2.45, 2.75) is 44.8 Å². The van der Waals surface area contributed by atoms with Gasteiger partial charge in [0.25, 0.3) is 0 Å². The van der Waals surface area contributed by atoms with E-state index < -0.39 is 0 Å². The minimum atomic E-state index is -0.194. The summed E-state index contributed by atoms with van der Waals surface area (Å²) in [5.41, 5.74) is 0. The van der Waals surface area contributed by atoms with Crippen molar-refractivity contribution in [1.29, 1.82) is 0 Å². The summed E-state index contributed by atoms with van der Waals surface area (Å²) in [5.74, 6) is 0.923. The molecule has 1 aliphatic rings. The zero-order valence-electron chi connectivity index (χ0n) is 9.69. The van der Waals surface area contributed by atoms with Crippen molar-refractivity contribution in [3.63, 3.8) is 0 Å². The van der Waals surface area contributed by atoms with Crippen molar-refractivity contribution in [3.05, 3.63) is 24.2 Å². The maximum atomic E-state index is 11.7. The topological polar surface area (TPSA) is 54.3 Å². The van der Waals surface area contributed by atoms with Crippen LogP contribution < -0.4 is 10.6 Å². The molecule has 4 nitrogen and oxygen atoms in total. The molecule has 16 heavy (non-hydrogen) atoms. The third kappa shape index (κ3) is 2.85. The Morgan fingerprint density at radius 3 is 2.81 bits per heavy atom. The van der Waals surface area contributed by atoms with Crippen LogP contribution in [0.2, 0.25) is 0 Å². The third-order valence-electron chi connectivity index (χ3n) is 2.79. The summed E-state index contributed by atoms with van der Waals surface area (Å²) < 4.78 is 5.28. The van der Waals surface area contributed by atoms with Gasteiger partial charge in [0.1, 0.15) is 5.76 Å². The zero-order valence-corrected chi connectivity index (χ0v) is 9.69. The molecule has 2 atom stereocenters. The van der Waals surface area contributed by atoms with Crippen molar-refractivity contribution in [2.75, 3.05) is 0 Å².